The Hall–Kier alpha value is -1.64. The molecule has 0 spiro atoms. The normalized spacial score (nSPS) is 10.2. The molecule has 0 amide bonds. The van der Waals surface area contributed by atoms with Gasteiger partial charge < -0.3 is 4.74 Å². The van der Waals surface area contributed by atoms with Gasteiger partial charge in [0.1, 0.15) is 5.75 Å². The molecule has 0 saturated carbocycles. The summed E-state index contributed by atoms with van der Waals surface area (Å²) in [6.45, 7) is -0.800. The van der Waals surface area contributed by atoms with Gasteiger partial charge >= 0.3 is 0 Å². The number of fused-ring (bicyclic) bond motifs is 1. The Bertz CT molecular complexity index is 416. The highest BCUT2D eigenvalue weighted by Gasteiger charge is 1.96. The van der Waals surface area contributed by atoms with Gasteiger partial charge in [-0.1, -0.05) is 6.07 Å². The van der Waals surface area contributed by atoms with Crippen molar-refractivity contribution in [2.45, 2.75) is 0 Å². The van der Waals surface area contributed by atoms with E-state index in [9.17, 15) is 4.39 Å². The molecule has 0 bridgehead atoms. The quantitative estimate of drug-likeness (QED) is 0.703. The van der Waals surface area contributed by atoms with Gasteiger partial charge in [-0.05, 0) is 24.3 Å². The summed E-state index contributed by atoms with van der Waals surface area (Å²) in [6.07, 6.45) is 1.72. The molecule has 1 aromatic heterocycles. The van der Waals surface area contributed by atoms with E-state index in [4.69, 9.17) is 4.74 Å². The number of rotatable bonds is 2. The minimum Gasteiger partial charge on any atom is -0.463 e. The zero-order valence-electron chi connectivity index (χ0n) is 6.90. The monoisotopic (exact) mass is 177 g/mol. The Morgan fingerprint density at radius 3 is 3.08 bits per heavy atom. The van der Waals surface area contributed by atoms with Crippen LogP contribution in [0.5, 0.6) is 5.75 Å². The highest BCUT2D eigenvalue weighted by atomic mass is 19.1. The van der Waals surface area contributed by atoms with Crippen molar-refractivity contribution >= 4 is 10.9 Å². The van der Waals surface area contributed by atoms with E-state index < -0.39 is 6.86 Å². The molecule has 2 rings (SSSR count). The van der Waals surface area contributed by atoms with Crippen molar-refractivity contribution in [2.75, 3.05) is 6.86 Å². The van der Waals surface area contributed by atoms with Crippen LogP contribution in [0.1, 0.15) is 0 Å². The largest absolute Gasteiger partial charge is 0.463 e. The molecule has 0 fully saturated rings. The van der Waals surface area contributed by atoms with E-state index in [1.54, 1.807) is 24.4 Å². The Morgan fingerprint density at radius 1 is 1.31 bits per heavy atom. The summed E-state index contributed by atoms with van der Waals surface area (Å²) in [7, 11) is 0. The molecular formula is C10H8FNO. The molecule has 0 saturated heterocycles. The van der Waals surface area contributed by atoms with Crippen molar-refractivity contribution in [2.24, 2.45) is 0 Å². The van der Waals surface area contributed by atoms with Gasteiger partial charge in [-0.25, -0.2) is 4.39 Å². The topological polar surface area (TPSA) is 22.1 Å². The van der Waals surface area contributed by atoms with Gasteiger partial charge in [-0.2, -0.15) is 0 Å². The molecule has 66 valence electrons. The Balaban J connectivity index is 2.49. The van der Waals surface area contributed by atoms with Crippen LogP contribution in [0, 0.1) is 0 Å². The Kier molecular flexibility index (Phi) is 2.08. The zero-order valence-corrected chi connectivity index (χ0v) is 6.90. The number of halogens is 1. The van der Waals surface area contributed by atoms with E-state index in [1.165, 1.54) is 0 Å². The second kappa shape index (κ2) is 3.39. The van der Waals surface area contributed by atoms with Crippen LogP contribution in [-0.4, -0.2) is 11.8 Å². The maximum Gasteiger partial charge on any atom is 0.228 e. The smallest absolute Gasteiger partial charge is 0.228 e. The fourth-order valence-corrected chi connectivity index (χ4v) is 1.21. The first-order chi connectivity index (χ1) is 6.40. The summed E-state index contributed by atoms with van der Waals surface area (Å²) in [4.78, 5) is 4.13. The predicted molar refractivity (Wildman–Crippen MR) is 48.3 cm³/mol. The van der Waals surface area contributed by atoms with Crippen LogP contribution in [-0.2, 0) is 0 Å². The number of hydrogen-bond acceptors (Lipinski definition) is 2. The average Bonchev–Trinajstić information content (AvgIpc) is 2.18. The number of ether oxygens (including phenoxy) is 1. The average molecular weight is 177 g/mol. The molecule has 0 aliphatic carbocycles. The molecule has 0 unspecified atom stereocenters. The van der Waals surface area contributed by atoms with E-state index in [1.807, 2.05) is 12.1 Å². The molecular weight excluding hydrogens is 169 g/mol. The lowest BCUT2D eigenvalue weighted by Gasteiger charge is -2.01. The molecule has 0 aliphatic heterocycles. The third-order valence-electron chi connectivity index (χ3n) is 1.80. The number of benzene rings is 1. The second-order valence-corrected chi connectivity index (χ2v) is 2.61. The molecule has 3 heteroatoms. The van der Waals surface area contributed by atoms with Crippen LogP contribution >= 0.6 is 0 Å². The number of aromatic nitrogens is 1. The summed E-state index contributed by atoms with van der Waals surface area (Å²) in [5, 5.41) is 0.952. The maximum absolute atomic E-state index is 11.8. The Labute approximate surface area is 75.0 Å². The van der Waals surface area contributed by atoms with Crippen LogP contribution in [0.2, 0.25) is 0 Å². The molecule has 0 atom stereocenters. The summed E-state index contributed by atoms with van der Waals surface area (Å²) in [5.41, 5.74) is 0.883. The van der Waals surface area contributed by atoms with E-state index >= 15 is 0 Å². The van der Waals surface area contributed by atoms with Crippen molar-refractivity contribution in [3.8, 4) is 5.75 Å². The lowest BCUT2D eigenvalue weighted by atomic mass is 10.2. The first kappa shape index (κ1) is 7.98. The van der Waals surface area contributed by atoms with E-state index in [2.05, 4.69) is 4.98 Å². The van der Waals surface area contributed by atoms with Crippen LogP contribution in [0.25, 0.3) is 10.9 Å². The summed E-state index contributed by atoms with van der Waals surface area (Å²) in [5.74, 6) is 0.531. The molecule has 13 heavy (non-hydrogen) atoms. The minimum absolute atomic E-state index is 0.531. The van der Waals surface area contributed by atoms with Crippen molar-refractivity contribution in [1.82, 2.24) is 4.98 Å². The number of alkyl halides is 1. The van der Waals surface area contributed by atoms with Crippen molar-refractivity contribution in [1.29, 1.82) is 0 Å². The maximum atomic E-state index is 11.8. The van der Waals surface area contributed by atoms with Gasteiger partial charge in [0.2, 0.25) is 6.86 Å². The van der Waals surface area contributed by atoms with Crippen LogP contribution in [0.4, 0.5) is 4.39 Å². The van der Waals surface area contributed by atoms with Gasteiger partial charge in [-0.3, -0.25) is 4.98 Å². The summed E-state index contributed by atoms with van der Waals surface area (Å²) in [6, 6.07) is 9.02. The fraction of sp³-hybridized carbons (Fsp3) is 0.100. The Morgan fingerprint density at radius 2 is 2.23 bits per heavy atom. The summed E-state index contributed by atoms with van der Waals surface area (Å²) < 4.78 is 16.6. The van der Waals surface area contributed by atoms with Gasteiger partial charge in [-0.15, -0.1) is 0 Å². The zero-order chi connectivity index (χ0) is 9.10. The van der Waals surface area contributed by atoms with Gasteiger partial charge in [0.15, 0.2) is 0 Å². The van der Waals surface area contributed by atoms with Gasteiger partial charge in [0.25, 0.3) is 0 Å². The SMILES string of the molecule is FCOc1ccc2ncccc2c1. The molecule has 1 aromatic carbocycles. The van der Waals surface area contributed by atoms with Crippen molar-refractivity contribution < 1.29 is 9.13 Å². The molecule has 2 nitrogen and oxygen atoms in total. The third-order valence-corrected chi connectivity index (χ3v) is 1.80. The molecule has 0 aliphatic rings. The first-order valence-corrected chi connectivity index (χ1v) is 3.94. The third kappa shape index (κ3) is 1.59. The molecule has 2 aromatic rings. The van der Waals surface area contributed by atoms with Crippen molar-refractivity contribution in [3.05, 3.63) is 36.5 Å². The number of hydrogen-bond donors (Lipinski definition) is 0. The van der Waals surface area contributed by atoms with Crippen LogP contribution in [0.3, 0.4) is 0 Å². The molecule has 1 heterocycles. The minimum atomic E-state index is -0.800. The standard InChI is InChI=1S/C10H8FNO/c11-7-13-9-3-4-10-8(6-9)2-1-5-12-10/h1-6H,7H2. The first-order valence-electron chi connectivity index (χ1n) is 3.94. The lowest BCUT2D eigenvalue weighted by Crippen LogP contribution is -1.89. The lowest BCUT2D eigenvalue weighted by molar-refractivity contribution is 0.192. The van der Waals surface area contributed by atoms with Gasteiger partial charge in [0, 0.05) is 11.6 Å². The van der Waals surface area contributed by atoms with E-state index in [0.29, 0.717) is 5.75 Å². The van der Waals surface area contributed by atoms with Gasteiger partial charge in [0.05, 0.1) is 5.52 Å². The van der Waals surface area contributed by atoms with Crippen molar-refractivity contribution in [3.63, 3.8) is 0 Å². The molecule has 0 N–H and O–H groups in total. The summed E-state index contributed by atoms with van der Waals surface area (Å²) >= 11 is 0. The van der Waals surface area contributed by atoms with E-state index in [0.717, 1.165) is 10.9 Å². The highest BCUT2D eigenvalue weighted by Crippen LogP contribution is 2.18. The second-order valence-electron chi connectivity index (χ2n) is 2.61. The molecule has 0 radical (unpaired) electrons. The van der Waals surface area contributed by atoms with Crippen LogP contribution in [0.15, 0.2) is 36.5 Å². The van der Waals surface area contributed by atoms with E-state index in [-0.39, 0.29) is 0 Å². The highest BCUT2D eigenvalue weighted by molar-refractivity contribution is 5.79. The predicted octanol–water partition coefficient (Wildman–Crippen LogP) is 2.54. The van der Waals surface area contributed by atoms with Crippen LogP contribution < -0.4 is 4.74 Å². The fourth-order valence-electron chi connectivity index (χ4n) is 1.21. The number of pyridine rings is 1. The number of nitrogens with zero attached hydrogens (tertiary/aromatic N) is 1.